The Bertz CT molecular complexity index is 1170. The summed E-state index contributed by atoms with van der Waals surface area (Å²) in [5.41, 5.74) is 1.57. The molecule has 3 rings (SSSR count). The minimum atomic E-state index is -0.705. The van der Waals surface area contributed by atoms with E-state index in [0.29, 0.717) is 15.9 Å². The summed E-state index contributed by atoms with van der Waals surface area (Å²) in [4.78, 5) is 16.7. The second-order valence-corrected chi connectivity index (χ2v) is 7.22. The van der Waals surface area contributed by atoms with Gasteiger partial charge in [0.05, 0.1) is 10.0 Å². The van der Waals surface area contributed by atoms with Crippen LogP contribution in [0, 0.1) is 18.3 Å². The van der Waals surface area contributed by atoms with E-state index in [1.165, 1.54) is 6.07 Å². The number of benzene rings is 2. The molecule has 0 saturated heterocycles. The molecule has 0 aliphatic rings. The van der Waals surface area contributed by atoms with Crippen molar-refractivity contribution in [1.82, 2.24) is 10.3 Å². The molecule has 6 nitrogen and oxygen atoms in total. The van der Waals surface area contributed by atoms with E-state index < -0.39 is 23.8 Å². The van der Waals surface area contributed by atoms with Gasteiger partial charge in [-0.3, -0.25) is 4.79 Å². The first-order valence-electron chi connectivity index (χ1n) is 8.93. The normalized spacial score (nSPS) is 11.5. The molecule has 0 aliphatic carbocycles. The van der Waals surface area contributed by atoms with Crippen LogP contribution in [-0.2, 0) is 11.3 Å². The van der Waals surface area contributed by atoms with Crippen LogP contribution in [-0.4, -0.2) is 22.6 Å². The fourth-order valence-corrected chi connectivity index (χ4v) is 3.32. The molecule has 1 aromatic heterocycles. The zero-order chi connectivity index (χ0) is 21.7. The van der Waals surface area contributed by atoms with Crippen LogP contribution < -0.4 is 10.1 Å². The number of rotatable bonds is 6. The van der Waals surface area contributed by atoms with Gasteiger partial charge in [0, 0.05) is 17.6 Å². The van der Waals surface area contributed by atoms with Gasteiger partial charge in [-0.2, -0.15) is 5.26 Å². The molecule has 0 spiro atoms. The molecule has 1 heterocycles. The Balaban J connectivity index is 1.80. The number of aliphatic hydroxyl groups excluding tert-OH is 1. The van der Waals surface area contributed by atoms with Crippen LogP contribution in [0.5, 0.6) is 5.75 Å². The maximum atomic E-state index is 12.3. The Morgan fingerprint density at radius 2 is 1.93 bits per heavy atom. The van der Waals surface area contributed by atoms with Crippen LogP contribution in [0.3, 0.4) is 0 Å². The first-order valence-corrected chi connectivity index (χ1v) is 9.68. The molecule has 0 saturated carbocycles. The summed E-state index contributed by atoms with van der Waals surface area (Å²) >= 11 is 12.5. The number of aromatic nitrogens is 1. The zero-order valence-electron chi connectivity index (χ0n) is 15.9. The summed E-state index contributed by atoms with van der Waals surface area (Å²) in [6.07, 6.45) is 0. The summed E-state index contributed by atoms with van der Waals surface area (Å²) < 4.78 is 5.63. The van der Waals surface area contributed by atoms with Crippen molar-refractivity contribution in [2.24, 2.45) is 0 Å². The SMILES string of the molecule is Cc1ccc2c(Cl)cc(Cl)c(OC/C(O)=C(\C#N)C(=O)NCc3ccccc3)c2n1. The van der Waals surface area contributed by atoms with E-state index in [2.05, 4.69) is 10.3 Å². The summed E-state index contributed by atoms with van der Waals surface area (Å²) in [5.74, 6) is -1.02. The van der Waals surface area contributed by atoms with Crippen molar-refractivity contribution in [2.45, 2.75) is 13.5 Å². The number of ether oxygens (including phenoxy) is 1. The number of fused-ring (bicyclic) bond motifs is 1. The number of aliphatic hydroxyl groups is 1. The van der Waals surface area contributed by atoms with Gasteiger partial charge in [-0.05, 0) is 30.7 Å². The molecule has 152 valence electrons. The quantitative estimate of drug-likeness (QED) is 0.322. The van der Waals surface area contributed by atoms with E-state index in [1.807, 2.05) is 30.3 Å². The summed E-state index contributed by atoms with van der Waals surface area (Å²) in [6, 6.07) is 16.0. The van der Waals surface area contributed by atoms with Gasteiger partial charge in [-0.25, -0.2) is 4.98 Å². The van der Waals surface area contributed by atoms with Crippen molar-refractivity contribution in [3.8, 4) is 11.8 Å². The lowest BCUT2D eigenvalue weighted by Crippen LogP contribution is -2.25. The number of amides is 1. The lowest BCUT2D eigenvalue weighted by Gasteiger charge is -2.13. The molecule has 1 amide bonds. The molecule has 2 N–H and O–H groups in total. The highest BCUT2D eigenvalue weighted by Crippen LogP contribution is 2.37. The van der Waals surface area contributed by atoms with Crippen LogP contribution in [0.15, 0.2) is 59.9 Å². The molecule has 0 atom stereocenters. The molecule has 2 aromatic carbocycles. The molecule has 0 unspecified atom stereocenters. The van der Waals surface area contributed by atoms with E-state index in [4.69, 9.17) is 27.9 Å². The Morgan fingerprint density at radius 1 is 1.20 bits per heavy atom. The largest absolute Gasteiger partial charge is 0.507 e. The number of carbonyl (C=O) groups excluding carboxylic acids is 1. The number of carbonyl (C=O) groups is 1. The number of hydrogen-bond acceptors (Lipinski definition) is 5. The molecule has 0 bridgehead atoms. The third-order valence-corrected chi connectivity index (χ3v) is 4.85. The molecule has 0 fully saturated rings. The average Bonchev–Trinajstić information content (AvgIpc) is 2.73. The minimum absolute atomic E-state index is 0.199. The zero-order valence-corrected chi connectivity index (χ0v) is 17.5. The minimum Gasteiger partial charge on any atom is -0.507 e. The maximum absolute atomic E-state index is 12.3. The van der Waals surface area contributed by atoms with Crippen LogP contribution in [0.2, 0.25) is 10.0 Å². The number of nitrogens with one attached hydrogen (secondary N) is 1. The Kier molecular flexibility index (Phi) is 6.78. The lowest BCUT2D eigenvalue weighted by molar-refractivity contribution is -0.117. The van der Waals surface area contributed by atoms with Crippen molar-refractivity contribution < 1.29 is 14.6 Å². The van der Waals surface area contributed by atoms with Crippen LogP contribution >= 0.6 is 23.2 Å². The number of pyridine rings is 1. The predicted octanol–water partition coefficient (Wildman–Crippen LogP) is 4.88. The molecular formula is C22H17Cl2N3O3. The average molecular weight is 442 g/mol. The molecule has 0 radical (unpaired) electrons. The molecular weight excluding hydrogens is 425 g/mol. The van der Waals surface area contributed by atoms with Gasteiger partial charge in [0.25, 0.3) is 5.91 Å². The van der Waals surface area contributed by atoms with Gasteiger partial charge in [-0.15, -0.1) is 0 Å². The van der Waals surface area contributed by atoms with E-state index in [-0.39, 0.29) is 17.3 Å². The van der Waals surface area contributed by atoms with Gasteiger partial charge in [0.15, 0.2) is 17.1 Å². The van der Waals surface area contributed by atoms with Gasteiger partial charge in [0.2, 0.25) is 0 Å². The standard InChI is InChI=1S/C22H17Cl2N3O3/c1-13-7-8-15-17(23)9-18(24)21(20(15)27-13)30-12-19(28)16(10-25)22(29)26-11-14-5-3-2-4-6-14/h2-9,28H,11-12H2,1H3,(H,26,29)/b19-16-. The number of hydrogen-bond donors (Lipinski definition) is 2. The molecule has 30 heavy (non-hydrogen) atoms. The smallest absolute Gasteiger partial charge is 0.265 e. The second-order valence-electron chi connectivity index (χ2n) is 6.41. The lowest BCUT2D eigenvalue weighted by atomic mass is 10.2. The van der Waals surface area contributed by atoms with Gasteiger partial charge >= 0.3 is 0 Å². The summed E-state index contributed by atoms with van der Waals surface area (Å²) in [7, 11) is 0. The molecule has 0 aliphatic heterocycles. The third kappa shape index (κ3) is 4.82. The number of nitriles is 1. The predicted molar refractivity (Wildman–Crippen MR) is 116 cm³/mol. The van der Waals surface area contributed by atoms with Crippen molar-refractivity contribution in [3.63, 3.8) is 0 Å². The highest BCUT2D eigenvalue weighted by atomic mass is 35.5. The van der Waals surface area contributed by atoms with E-state index >= 15 is 0 Å². The topological polar surface area (TPSA) is 95.2 Å². The third-order valence-electron chi connectivity index (χ3n) is 4.25. The molecule has 3 aromatic rings. The van der Waals surface area contributed by atoms with Gasteiger partial charge < -0.3 is 15.2 Å². The van der Waals surface area contributed by atoms with E-state index in [1.54, 1.807) is 25.1 Å². The van der Waals surface area contributed by atoms with E-state index in [0.717, 1.165) is 11.3 Å². The fourth-order valence-electron chi connectivity index (χ4n) is 2.75. The fraction of sp³-hybridized carbons (Fsp3) is 0.136. The van der Waals surface area contributed by atoms with Crippen molar-refractivity contribution in [2.75, 3.05) is 6.61 Å². The summed E-state index contributed by atoms with van der Waals surface area (Å²) in [6.45, 7) is 1.59. The maximum Gasteiger partial charge on any atom is 0.265 e. The highest BCUT2D eigenvalue weighted by molar-refractivity contribution is 6.39. The Hall–Kier alpha value is -3.27. The van der Waals surface area contributed by atoms with Crippen LogP contribution in [0.1, 0.15) is 11.3 Å². The Morgan fingerprint density at radius 3 is 2.63 bits per heavy atom. The Labute approximate surface area is 183 Å². The van der Waals surface area contributed by atoms with E-state index in [9.17, 15) is 15.2 Å². The van der Waals surface area contributed by atoms with Crippen LogP contribution in [0.25, 0.3) is 10.9 Å². The van der Waals surface area contributed by atoms with Crippen molar-refractivity contribution >= 4 is 40.0 Å². The number of halogens is 2. The van der Waals surface area contributed by atoms with Crippen molar-refractivity contribution in [3.05, 3.63) is 81.2 Å². The second kappa shape index (κ2) is 9.49. The van der Waals surface area contributed by atoms with Crippen LogP contribution in [0.4, 0.5) is 0 Å². The molecule has 8 heteroatoms. The van der Waals surface area contributed by atoms with Gasteiger partial charge in [0.1, 0.15) is 18.2 Å². The van der Waals surface area contributed by atoms with Crippen molar-refractivity contribution in [1.29, 1.82) is 5.26 Å². The first kappa shape index (κ1) is 21.4. The van der Waals surface area contributed by atoms with Gasteiger partial charge in [-0.1, -0.05) is 53.5 Å². The highest BCUT2D eigenvalue weighted by Gasteiger charge is 2.18. The summed E-state index contributed by atoms with van der Waals surface area (Å²) in [5, 5.41) is 23.4. The number of nitrogens with zero attached hydrogens (tertiary/aromatic N) is 2. The monoisotopic (exact) mass is 441 g/mol. The number of aryl methyl sites for hydroxylation is 1. The first-order chi connectivity index (χ1) is 14.4.